The molecule has 0 amide bonds. The molecule has 0 saturated heterocycles. The number of hydrogen-bond donors (Lipinski definition) is 1. The molecule has 0 atom stereocenters. The number of anilines is 1. The summed E-state index contributed by atoms with van der Waals surface area (Å²) < 4.78 is 27.8. The minimum absolute atomic E-state index is 0.221. The van der Waals surface area contributed by atoms with Crippen LogP contribution in [0.25, 0.3) is 17.3 Å². The summed E-state index contributed by atoms with van der Waals surface area (Å²) in [6.45, 7) is 0. The number of nitrogens with one attached hydrogen (secondary N) is 1. The number of hydrogen-bond acceptors (Lipinski definition) is 5. The van der Waals surface area contributed by atoms with Gasteiger partial charge < -0.3 is 5.32 Å². The number of nitrogens with zero attached hydrogens (tertiary/aromatic N) is 5. The molecular weight excluding hydrogens is 278 g/mol. The van der Waals surface area contributed by atoms with Gasteiger partial charge in [-0.05, 0) is 24.3 Å². The van der Waals surface area contributed by atoms with Crippen molar-refractivity contribution in [3.05, 3.63) is 48.3 Å². The first-order chi connectivity index (χ1) is 10.2. The van der Waals surface area contributed by atoms with Crippen LogP contribution in [0.4, 0.5) is 14.7 Å². The van der Waals surface area contributed by atoms with Crippen LogP contribution in [0.1, 0.15) is 0 Å². The molecule has 0 bridgehead atoms. The van der Waals surface area contributed by atoms with Crippen LogP contribution in [0.5, 0.6) is 0 Å². The lowest BCUT2D eigenvalue weighted by molar-refractivity contribution is 0.509. The van der Waals surface area contributed by atoms with Gasteiger partial charge in [0.1, 0.15) is 0 Å². The summed E-state index contributed by atoms with van der Waals surface area (Å²) in [5.41, 5.74) is 0.348. The van der Waals surface area contributed by atoms with Gasteiger partial charge in [0.15, 0.2) is 17.5 Å². The fraction of sp³-hybridized carbons (Fsp3) is 0.0769. The third kappa shape index (κ3) is 2.55. The van der Waals surface area contributed by atoms with E-state index in [9.17, 15) is 8.78 Å². The van der Waals surface area contributed by atoms with Gasteiger partial charge in [0.05, 0.1) is 0 Å². The van der Waals surface area contributed by atoms with E-state index in [1.807, 2.05) is 0 Å². The van der Waals surface area contributed by atoms with E-state index >= 15 is 0 Å². The van der Waals surface area contributed by atoms with Crippen molar-refractivity contribution in [2.45, 2.75) is 0 Å². The lowest BCUT2D eigenvalue weighted by Gasteiger charge is -2.07. The molecule has 21 heavy (non-hydrogen) atoms. The Morgan fingerprint density at radius 3 is 2.62 bits per heavy atom. The Morgan fingerprint density at radius 1 is 1.10 bits per heavy atom. The number of rotatable bonds is 3. The summed E-state index contributed by atoms with van der Waals surface area (Å²) in [6.07, 6.45) is 3.25. The topological polar surface area (TPSA) is 68.5 Å². The Kier molecular flexibility index (Phi) is 3.27. The highest BCUT2D eigenvalue weighted by Gasteiger charge is 2.11. The van der Waals surface area contributed by atoms with Gasteiger partial charge in [0.2, 0.25) is 5.95 Å². The van der Waals surface area contributed by atoms with E-state index in [1.165, 1.54) is 10.7 Å². The molecule has 0 radical (unpaired) electrons. The van der Waals surface area contributed by atoms with Crippen molar-refractivity contribution in [1.82, 2.24) is 24.7 Å². The molecule has 0 fully saturated rings. The highest BCUT2D eigenvalue weighted by Crippen LogP contribution is 2.19. The van der Waals surface area contributed by atoms with Crippen LogP contribution in [-0.2, 0) is 0 Å². The zero-order valence-corrected chi connectivity index (χ0v) is 11.0. The molecule has 0 aliphatic carbocycles. The van der Waals surface area contributed by atoms with Crippen molar-refractivity contribution >= 4 is 5.95 Å². The van der Waals surface area contributed by atoms with Crippen molar-refractivity contribution in [2.24, 2.45) is 0 Å². The Bertz CT molecular complexity index is 772. The monoisotopic (exact) mass is 288 g/mol. The minimum atomic E-state index is -0.959. The van der Waals surface area contributed by atoms with Gasteiger partial charge in [-0.3, -0.25) is 0 Å². The van der Waals surface area contributed by atoms with E-state index in [2.05, 4.69) is 25.4 Å². The molecule has 0 spiro atoms. The molecule has 8 heteroatoms. The molecule has 0 aliphatic heterocycles. The summed E-state index contributed by atoms with van der Waals surface area (Å²) >= 11 is 0. The summed E-state index contributed by atoms with van der Waals surface area (Å²) in [5, 5.41) is 6.82. The van der Waals surface area contributed by atoms with Crippen molar-refractivity contribution in [3.63, 3.8) is 0 Å². The SMILES string of the molecule is CNc1nc(-c2ccc(F)c(F)c2)nc(-n2cccn2)n1. The van der Waals surface area contributed by atoms with Crippen LogP contribution in [0, 0.1) is 11.6 Å². The zero-order chi connectivity index (χ0) is 14.8. The first-order valence-corrected chi connectivity index (χ1v) is 6.06. The molecule has 6 nitrogen and oxygen atoms in total. The van der Waals surface area contributed by atoms with Crippen molar-refractivity contribution in [3.8, 4) is 17.3 Å². The fourth-order valence-corrected chi connectivity index (χ4v) is 1.73. The maximum Gasteiger partial charge on any atom is 0.255 e. The molecular formula is C13H10F2N6. The molecule has 1 N–H and O–H groups in total. The molecule has 0 aliphatic rings. The molecule has 106 valence electrons. The van der Waals surface area contributed by atoms with Crippen LogP contribution in [0.15, 0.2) is 36.7 Å². The van der Waals surface area contributed by atoms with E-state index in [-0.39, 0.29) is 11.8 Å². The maximum absolute atomic E-state index is 13.3. The lowest BCUT2D eigenvalue weighted by atomic mass is 10.2. The molecule has 1 aromatic carbocycles. The second-order valence-corrected chi connectivity index (χ2v) is 4.11. The maximum atomic E-state index is 13.3. The molecule has 2 heterocycles. The zero-order valence-electron chi connectivity index (χ0n) is 11.0. The van der Waals surface area contributed by atoms with Gasteiger partial charge in [0.25, 0.3) is 5.95 Å². The lowest BCUT2D eigenvalue weighted by Crippen LogP contribution is -2.08. The average Bonchev–Trinajstić information content (AvgIpc) is 3.04. The third-order valence-electron chi connectivity index (χ3n) is 2.73. The average molecular weight is 288 g/mol. The van der Waals surface area contributed by atoms with Crippen LogP contribution in [0.3, 0.4) is 0 Å². The highest BCUT2D eigenvalue weighted by molar-refractivity contribution is 5.57. The van der Waals surface area contributed by atoms with Crippen molar-refractivity contribution in [2.75, 3.05) is 12.4 Å². The predicted octanol–water partition coefficient (Wildman–Crippen LogP) is 2.04. The minimum Gasteiger partial charge on any atom is -0.357 e. The van der Waals surface area contributed by atoms with Crippen molar-refractivity contribution in [1.29, 1.82) is 0 Å². The Morgan fingerprint density at radius 2 is 1.95 bits per heavy atom. The van der Waals surface area contributed by atoms with Gasteiger partial charge in [-0.25, -0.2) is 13.5 Å². The summed E-state index contributed by atoms with van der Waals surface area (Å²) in [6, 6.07) is 5.19. The van der Waals surface area contributed by atoms with E-state index in [4.69, 9.17) is 0 Å². The largest absolute Gasteiger partial charge is 0.357 e. The molecule has 0 unspecified atom stereocenters. The normalized spacial score (nSPS) is 10.6. The first kappa shape index (κ1) is 13.1. The van der Waals surface area contributed by atoms with Gasteiger partial charge >= 0.3 is 0 Å². The van der Waals surface area contributed by atoms with Gasteiger partial charge in [-0.2, -0.15) is 20.1 Å². The van der Waals surface area contributed by atoms with Crippen LogP contribution in [-0.4, -0.2) is 31.8 Å². The van der Waals surface area contributed by atoms with Crippen LogP contribution < -0.4 is 5.32 Å². The summed E-state index contributed by atoms with van der Waals surface area (Å²) in [5.74, 6) is -1.08. The number of aromatic nitrogens is 5. The van der Waals surface area contributed by atoms with Crippen LogP contribution in [0.2, 0.25) is 0 Å². The van der Waals surface area contributed by atoms with E-state index < -0.39 is 11.6 Å². The molecule has 3 rings (SSSR count). The second-order valence-electron chi connectivity index (χ2n) is 4.11. The molecule has 0 saturated carbocycles. The number of halogens is 2. The Balaban J connectivity index is 2.13. The van der Waals surface area contributed by atoms with Gasteiger partial charge in [-0.1, -0.05) is 0 Å². The van der Waals surface area contributed by atoms with E-state index in [0.717, 1.165) is 12.1 Å². The number of benzene rings is 1. The standard InChI is InChI=1S/C13H10F2N6/c1-16-12-18-11(8-3-4-9(14)10(15)7-8)19-13(20-12)21-6-2-5-17-21/h2-7H,1H3,(H,16,18,19,20). The fourth-order valence-electron chi connectivity index (χ4n) is 1.73. The van der Waals surface area contributed by atoms with E-state index in [1.54, 1.807) is 25.5 Å². The summed E-state index contributed by atoms with van der Waals surface area (Å²) in [7, 11) is 1.65. The Labute approximate surface area is 118 Å². The summed E-state index contributed by atoms with van der Waals surface area (Å²) in [4.78, 5) is 12.5. The first-order valence-electron chi connectivity index (χ1n) is 6.06. The second kappa shape index (κ2) is 5.23. The van der Waals surface area contributed by atoms with Crippen LogP contribution >= 0.6 is 0 Å². The third-order valence-corrected chi connectivity index (χ3v) is 2.73. The van der Waals surface area contributed by atoms with Crippen molar-refractivity contribution < 1.29 is 8.78 Å². The highest BCUT2D eigenvalue weighted by atomic mass is 19.2. The van der Waals surface area contributed by atoms with Gasteiger partial charge in [0, 0.05) is 25.0 Å². The molecule has 3 aromatic rings. The quantitative estimate of drug-likeness (QED) is 0.798. The van der Waals surface area contributed by atoms with Gasteiger partial charge in [-0.15, -0.1) is 0 Å². The smallest absolute Gasteiger partial charge is 0.255 e. The Hall–Kier alpha value is -2.90. The molecule has 2 aromatic heterocycles. The van der Waals surface area contributed by atoms with E-state index in [0.29, 0.717) is 11.5 Å². The predicted molar refractivity (Wildman–Crippen MR) is 71.8 cm³/mol.